The second-order valence-corrected chi connectivity index (χ2v) is 4.26. The monoisotopic (exact) mass is 277 g/mol. The molecule has 0 atom stereocenters. The first kappa shape index (κ1) is 14.2. The number of carbonyl (C=O) groups excluding carboxylic acids is 1. The highest BCUT2D eigenvalue weighted by Crippen LogP contribution is 2.21. The van der Waals surface area contributed by atoms with E-state index >= 15 is 0 Å². The van der Waals surface area contributed by atoms with Crippen LogP contribution in [0.15, 0.2) is 33.5 Å². The second-order valence-electron chi connectivity index (χ2n) is 4.26. The second kappa shape index (κ2) is 6.31. The standard InChI is InChI=1S/C14H15NO5/c16-5-3-15(4-6-17)12-2-1-10-7-11(9-18)14(19)20-13(10)8-12/h1-2,7-9,16-17H,3-6H2. The van der Waals surface area contributed by atoms with Gasteiger partial charge in [-0.1, -0.05) is 0 Å². The summed E-state index contributed by atoms with van der Waals surface area (Å²) in [5.41, 5.74) is 0.384. The minimum Gasteiger partial charge on any atom is -0.422 e. The van der Waals surface area contributed by atoms with Gasteiger partial charge in [-0.25, -0.2) is 4.79 Å². The first-order valence-corrected chi connectivity index (χ1v) is 6.19. The van der Waals surface area contributed by atoms with Gasteiger partial charge in [-0.05, 0) is 18.2 Å². The van der Waals surface area contributed by atoms with Gasteiger partial charge in [0.15, 0.2) is 6.29 Å². The minimum absolute atomic E-state index is 0.0205. The number of fused-ring (bicyclic) bond motifs is 1. The van der Waals surface area contributed by atoms with Crippen LogP contribution in [0.3, 0.4) is 0 Å². The van der Waals surface area contributed by atoms with Gasteiger partial charge in [-0.15, -0.1) is 0 Å². The number of nitrogens with zero attached hydrogens (tertiary/aromatic N) is 1. The van der Waals surface area contributed by atoms with Crippen molar-refractivity contribution in [2.45, 2.75) is 0 Å². The lowest BCUT2D eigenvalue weighted by Crippen LogP contribution is -2.29. The van der Waals surface area contributed by atoms with Crippen molar-refractivity contribution in [3.8, 4) is 0 Å². The van der Waals surface area contributed by atoms with E-state index in [2.05, 4.69) is 0 Å². The van der Waals surface area contributed by atoms with E-state index < -0.39 is 5.63 Å². The van der Waals surface area contributed by atoms with E-state index in [1.807, 2.05) is 0 Å². The molecule has 0 aliphatic heterocycles. The summed E-state index contributed by atoms with van der Waals surface area (Å²) in [4.78, 5) is 24.0. The number of anilines is 1. The van der Waals surface area contributed by atoms with Crippen molar-refractivity contribution >= 4 is 22.9 Å². The van der Waals surface area contributed by atoms with Gasteiger partial charge in [0, 0.05) is 30.2 Å². The van der Waals surface area contributed by atoms with Gasteiger partial charge in [-0.2, -0.15) is 0 Å². The fourth-order valence-corrected chi connectivity index (χ4v) is 2.01. The molecule has 2 rings (SSSR count). The fraction of sp³-hybridized carbons (Fsp3) is 0.286. The molecule has 0 aliphatic rings. The van der Waals surface area contributed by atoms with Crippen molar-refractivity contribution in [3.63, 3.8) is 0 Å². The van der Waals surface area contributed by atoms with Gasteiger partial charge >= 0.3 is 5.63 Å². The number of benzene rings is 1. The van der Waals surface area contributed by atoms with Gasteiger partial charge in [0.05, 0.1) is 13.2 Å². The molecule has 20 heavy (non-hydrogen) atoms. The fourth-order valence-electron chi connectivity index (χ4n) is 2.01. The van der Waals surface area contributed by atoms with E-state index in [1.54, 1.807) is 23.1 Å². The van der Waals surface area contributed by atoms with Gasteiger partial charge in [-0.3, -0.25) is 4.79 Å². The zero-order chi connectivity index (χ0) is 14.5. The van der Waals surface area contributed by atoms with Crippen molar-refractivity contribution in [2.24, 2.45) is 0 Å². The van der Waals surface area contributed by atoms with Crippen LogP contribution in [0.25, 0.3) is 11.0 Å². The van der Waals surface area contributed by atoms with Crippen LogP contribution in [0.5, 0.6) is 0 Å². The molecule has 0 radical (unpaired) electrons. The quantitative estimate of drug-likeness (QED) is 0.586. The Morgan fingerprint density at radius 3 is 2.45 bits per heavy atom. The summed E-state index contributed by atoms with van der Waals surface area (Å²) in [7, 11) is 0. The molecule has 0 saturated carbocycles. The van der Waals surface area contributed by atoms with E-state index in [0.29, 0.717) is 30.3 Å². The third kappa shape index (κ3) is 2.87. The maximum absolute atomic E-state index is 11.5. The number of hydrogen-bond donors (Lipinski definition) is 2. The number of aliphatic hydroxyl groups is 2. The van der Waals surface area contributed by atoms with E-state index in [1.165, 1.54) is 6.07 Å². The van der Waals surface area contributed by atoms with E-state index in [0.717, 1.165) is 5.69 Å². The third-order valence-electron chi connectivity index (χ3n) is 2.98. The topological polar surface area (TPSA) is 91.0 Å². The van der Waals surface area contributed by atoms with Gasteiger partial charge in [0.2, 0.25) is 0 Å². The predicted octanol–water partition coefficient (Wildman–Crippen LogP) is 0.397. The average molecular weight is 277 g/mol. The Bertz CT molecular complexity index is 658. The average Bonchev–Trinajstić information content (AvgIpc) is 2.45. The molecule has 0 fully saturated rings. The molecule has 0 amide bonds. The van der Waals surface area contributed by atoms with Crippen LogP contribution in [0.2, 0.25) is 0 Å². The molecule has 1 aromatic carbocycles. The molecule has 0 saturated heterocycles. The SMILES string of the molecule is O=Cc1cc2ccc(N(CCO)CCO)cc2oc1=O. The van der Waals surface area contributed by atoms with Crippen molar-refractivity contribution in [3.05, 3.63) is 40.2 Å². The highest BCUT2D eigenvalue weighted by atomic mass is 16.4. The third-order valence-corrected chi connectivity index (χ3v) is 2.98. The maximum atomic E-state index is 11.5. The first-order valence-electron chi connectivity index (χ1n) is 6.19. The Hall–Kier alpha value is -2.18. The zero-order valence-corrected chi connectivity index (χ0v) is 10.8. The normalized spacial score (nSPS) is 10.7. The van der Waals surface area contributed by atoms with E-state index in [-0.39, 0.29) is 18.8 Å². The van der Waals surface area contributed by atoms with Gasteiger partial charge in [0.1, 0.15) is 11.1 Å². The van der Waals surface area contributed by atoms with Crippen LogP contribution in [0.4, 0.5) is 5.69 Å². The number of hydrogen-bond acceptors (Lipinski definition) is 6. The van der Waals surface area contributed by atoms with Crippen LogP contribution < -0.4 is 10.5 Å². The Morgan fingerprint density at radius 1 is 1.15 bits per heavy atom. The van der Waals surface area contributed by atoms with Gasteiger partial charge in [0.25, 0.3) is 0 Å². The lowest BCUT2D eigenvalue weighted by atomic mass is 10.1. The molecule has 0 aliphatic carbocycles. The highest BCUT2D eigenvalue weighted by Gasteiger charge is 2.09. The lowest BCUT2D eigenvalue weighted by Gasteiger charge is -2.22. The lowest BCUT2D eigenvalue weighted by molar-refractivity contribution is 0.112. The minimum atomic E-state index is -0.680. The van der Waals surface area contributed by atoms with Crippen molar-refractivity contribution in [1.82, 2.24) is 0 Å². The number of rotatable bonds is 6. The van der Waals surface area contributed by atoms with E-state index in [9.17, 15) is 9.59 Å². The summed E-state index contributed by atoms with van der Waals surface area (Å²) in [5.74, 6) is 0. The molecule has 0 unspecified atom stereocenters. The van der Waals surface area contributed by atoms with Crippen LogP contribution in [0.1, 0.15) is 10.4 Å². The van der Waals surface area contributed by atoms with E-state index in [4.69, 9.17) is 14.6 Å². The molecular weight excluding hydrogens is 262 g/mol. The molecule has 2 aromatic rings. The summed E-state index contributed by atoms with van der Waals surface area (Å²) in [6, 6.07) is 6.63. The van der Waals surface area contributed by atoms with Crippen molar-refractivity contribution in [1.29, 1.82) is 0 Å². The summed E-state index contributed by atoms with van der Waals surface area (Å²) >= 11 is 0. The van der Waals surface area contributed by atoms with Crippen LogP contribution in [-0.2, 0) is 0 Å². The summed E-state index contributed by atoms with van der Waals surface area (Å²) in [6.07, 6.45) is 0.461. The highest BCUT2D eigenvalue weighted by molar-refractivity contribution is 5.86. The van der Waals surface area contributed by atoms with Crippen LogP contribution >= 0.6 is 0 Å². The molecule has 1 aromatic heterocycles. The first-order chi connectivity index (χ1) is 9.69. The van der Waals surface area contributed by atoms with Crippen LogP contribution in [-0.4, -0.2) is 42.8 Å². The molecule has 6 heteroatoms. The Morgan fingerprint density at radius 2 is 1.85 bits per heavy atom. The Balaban J connectivity index is 2.47. The van der Waals surface area contributed by atoms with Crippen LogP contribution in [0, 0.1) is 0 Å². The maximum Gasteiger partial charge on any atom is 0.346 e. The number of aliphatic hydroxyl groups excluding tert-OH is 2. The molecule has 1 heterocycles. The number of carbonyl (C=O) groups is 1. The van der Waals surface area contributed by atoms with Crippen molar-refractivity contribution in [2.75, 3.05) is 31.2 Å². The number of aldehydes is 1. The smallest absolute Gasteiger partial charge is 0.346 e. The molecule has 2 N–H and O–H groups in total. The molecule has 0 bridgehead atoms. The van der Waals surface area contributed by atoms with Gasteiger partial charge < -0.3 is 19.5 Å². The Labute approximate surface area is 114 Å². The molecule has 106 valence electrons. The molecular formula is C14H15NO5. The summed E-state index contributed by atoms with van der Waals surface area (Å²) in [5, 5.41) is 18.7. The largest absolute Gasteiger partial charge is 0.422 e. The predicted molar refractivity (Wildman–Crippen MR) is 74.3 cm³/mol. The van der Waals surface area contributed by atoms with Crippen molar-refractivity contribution < 1.29 is 19.4 Å². The molecule has 0 spiro atoms. The molecule has 6 nitrogen and oxygen atoms in total. The zero-order valence-electron chi connectivity index (χ0n) is 10.8. The summed E-state index contributed by atoms with van der Waals surface area (Å²) in [6.45, 7) is 0.629. The Kier molecular flexibility index (Phi) is 4.49. The summed E-state index contributed by atoms with van der Waals surface area (Å²) < 4.78 is 5.09.